The first-order chi connectivity index (χ1) is 12.5. The number of thioether (sulfide) groups is 1. The summed E-state index contributed by atoms with van der Waals surface area (Å²) in [7, 11) is 0. The maximum absolute atomic E-state index is 5.84. The van der Waals surface area contributed by atoms with Crippen molar-refractivity contribution < 1.29 is 4.42 Å². The van der Waals surface area contributed by atoms with Gasteiger partial charge in [0.05, 0.1) is 11.3 Å². The van der Waals surface area contributed by atoms with Crippen LogP contribution < -0.4 is 0 Å². The van der Waals surface area contributed by atoms with E-state index in [0.29, 0.717) is 17.5 Å². The average Bonchev–Trinajstić information content (AvgIpc) is 3.18. The average molecular weight is 447 g/mol. The first-order valence-electron chi connectivity index (χ1n) is 7.97. The molecule has 26 heavy (non-hydrogen) atoms. The Labute approximate surface area is 167 Å². The fourth-order valence-corrected chi connectivity index (χ4v) is 5.17. The molecule has 0 atom stereocenters. The maximum atomic E-state index is 5.84. The van der Waals surface area contributed by atoms with Crippen molar-refractivity contribution in [2.24, 2.45) is 0 Å². The lowest BCUT2D eigenvalue weighted by Crippen LogP contribution is -1.92. The van der Waals surface area contributed by atoms with E-state index in [1.165, 1.54) is 10.4 Å². The Kier molecular flexibility index (Phi) is 4.81. The van der Waals surface area contributed by atoms with Crippen LogP contribution in [0.1, 0.15) is 22.2 Å². The van der Waals surface area contributed by atoms with Gasteiger partial charge in [-0.25, -0.2) is 9.97 Å². The lowest BCUT2D eigenvalue weighted by atomic mass is 10.2. The van der Waals surface area contributed by atoms with E-state index in [1.54, 1.807) is 23.1 Å². The molecule has 3 heterocycles. The molecule has 0 aliphatic rings. The Morgan fingerprint density at radius 1 is 1.12 bits per heavy atom. The number of halogens is 1. The molecule has 1 aromatic carbocycles. The SMILES string of the molecule is Cc1nc(SCc2nnc(-c3ccccc3Br)o2)c2c(C)c(C)sc2n1. The minimum atomic E-state index is 0.514. The van der Waals surface area contributed by atoms with Crippen molar-refractivity contribution in [3.05, 3.63) is 50.9 Å². The highest BCUT2D eigenvalue weighted by atomic mass is 79.9. The molecule has 0 saturated carbocycles. The second-order valence-corrected chi connectivity index (χ2v) is 8.83. The van der Waals surface area contributed by atoms with Gasteiger partial charge in [-0.05, 0) is 54.4 Å². The Hall–Kier alpha value is -1.77. The van der Waals surface area contributed by atoms with Gasteiger partial charge in [-0.2, -0.15) is 0 Å². The number of benzene rings is 1. The van der Waals surface area contributed by atoms with Gasteiger partial charge in [0.25, 0.3) is 0 Å². The molecule has 0 spiro atoms. The highest BCUT2D eigenvalue weighted by Gasteiger charge is 2.16. The normalized spacial score (nSPS) is 11.4. The van der Waals surface area contributed by atoms with E-state index in [9.17, 15) is 0 Å². The van der Waals surface area contributed by atoms with E-state index in [-0.39, 0.29) is 0 Å². The maximum Gasteiger partial charge on any atom is 0.248 e. The second-order valence-electron chi connectivity index (χ2n) is 5.81. The third-order valence-electron chi connectivity index (χ3n) is 4.01. The zero-order valence-corrected chi connectivity index (χ0v) is 17.6. The molecule has 0 unspecified atom stereocenters. The third-order valence-corrected chi connectivity index (χ3v) is 6.76. The fraction of sp³-hybridized carbons (Fsp3) is 0.222. The molecule has 0 fully saturated rings. The van der Waals surface area contributed by atoms with Crippen LogP contribution in [-0.2, 0) is 5.75 Å². The van der Waals surface area contributed by atoms with E-state index in [0.717, 1.165) is 31.1 Å². The van der Waals surface area contributed by atoms with E-state index >= 15 is 0 Å². The molecule has 0 bridgehead atoms. The molecule has 3 aromatic heterocycles. The van der Waals surface area contributed by atoms with Gasteiger partial charge in [0.15, 0.2) is 0 Å². The summed E-state index contributed by atoms with van der Waals surface area (Å²) < 4.78 is 6.77. The standard InChI is InChI=1S/C18H15BrN4OS2/c1-9-10(2)26-18-15(9)17(20-11(3)21-18)25-8-14-22-23-16(24-14)12-6-4-5-7-13(12)19/h4-7H,8H2,1-3H3. The first-order valence-corrected chi connectivity index (χ1v) is 10.6. The largest absolute Gasteiger partial charge is 0.420 e. The van der Waals surface area contributed by atoms with E-state index in [4.69, 9.17) is 4.42 Å². The molecule has 0 N–H and O–H groups in total. The topological polar surface area (TPSA) is 64.7 Å². The number of aromatic nitrogens is 4. The summed E-state index contributed by atoms with van der Waals surface area (Å²) in [5.41, 5.74) is 2.13. The molecule has 0 aliphatic carbocycles. The number of hydrogen-bond acceptors (Lipinski definition) is 7. The van der Waals surface area contributed by atoms with Gasteiger partial charge in [0.1, 0.15) is 15.7 Å². The van der Waals surface area contributed by atoms with Crippen molar-refractivity contribution >= 4 is 49.2 Å². The van der Waals surface area contributed by atoms with Crippen LogP contribution in [0.3, 0.4) is 0 Å². The number of fused-ring (bicyclic) bond motifs is 1. The summed E-state index contributed by atoms with van der Waals surface area (Å²) in [6.07, 6.45) is 0. The molecular weight excluding hydrogens is 432 g/mol. The van der Waals surface area contributed by atoms with Crippen LogP contribution in [0.2, 0.25) is 0 Å². The lowest BCUT2D eigenvalue weighted by molar-refractivity contribution is 0.528. The second kappa shape index (κ2) is 7.09. The number of nitrogens with zero attached hydrogens (tertiary/aromatic N) is 4. The van der Waals surface area contributed by atoms with Crippen LogP contribution >= 0.6 is 39.0 Å². The fourth-order valence-electron chi connectivity index (χ4n) is 2.60. The van der Waals surface area contributed by atoms with Gasteiger partial charge in [-0.1, -0.05) is 23.9 Å². The van der Waals surface area contributed by atoms with Crippen molar-refractivity contribution in [1.29, 1.82) is 0 Å². The van der Waals surface area contributed by atoms with Gasteiger partial charge in [-0.3, -0.25) is 0 Å². The molecule has 0 saturated heterocycles. The molecule has 0 radical (unpaired) electrons. The number of rotatable bonds is 4. The number of aryl methyl sites for hydroxylation is 3. The molecule has 8 heteroatoms. The highest BCUT2D eigenvalue weighted by molar-refractivity contribution is 9.10. The first kappa shape index (κ1) is 17.6. The molecule has 5 nitrogen and oxygen atoms in total. The minimum Gasteiger partial charge on any atom is -0.420 e. The molecule has 0 amide bonds. The number of hydrogen-bond donors (Lipinski definition) is 0. The van der Waals surface area contributed by atoms with E-state index < -0.39 is 0 Å². The predicted molar refractivity (Wildman–Crippen MR) is 109 cm³/mol. The van der Waals surface area contributed by atoms with Gasteiger partial charge in [-0.15, -0.1) is 21.5 Å². The van der Waals surface area contributed by atoms with Crippen LogP contribution in [-0.4, -0.2) is 20.2 Å². The van der Waals surface area contributed by atoms with Gasteiger partial charge in [0.2, 0.25) is 11.8 Å². The van der Waals surface area contributed by atoms with Crippen molar-refractivity contribution in [2.75, 3.05) is 0 Å². The molecule has 132 valence electrons. The Balaban J connectivity index is 1.61. The molecule has 4 aromatic rings. The molecule has 4 rings (SSSR count). The summed E-state index contributed by atoms with van der Waals surface area (Å²) in [4.78, 5) is 11.5. The van der Waals surface area contributed by atoms with Crippen LogP contribution in [0.25, 0.3) is 21.7 Å². The summed E-state index contributed by atoms with van der Waals surface area (Å²) in [6, 6.07) is 7.80. The quantitative estimate of drug-likeness (QED) is 0.295. The van der Waals surface area contributed by atoms with E-state index in [1.807, 2.05) is 31.2 Å². The molecular formula is C18H15BrN4OS2. The van der Waals surface area contributed by atoms with Crippen LogP contribution in [0.4, 0.5) is 0 Å². The van der Waals surface area contributed by atoms with Crippen LogP contribution in [0, 0.1) is 20.8 Å². The summed E-state index contributed by atoms with van der Waals surface area (Å²) >= 11 is 6.83. The lowest BCUT2D eigenvalue weighted by Gasteiger charge is -2.03. The van der Waals surface area contributed by atoms with Crippen molar-refractivity contribution in [3.8, 4) is 11.5 Å². The van der Waals surface area contributed by atoms with Crippen LogP contribution in [0.5, 0.6) is 0 Å². The van der Waals surface area contributed by atoms with E-state index in [2.05, 4.69) is 49.9 Å². The zero-order valence-electron chi connectivity index (χ0n) is 14.4. The molecule has 0 aliphatic heterocycles. The van der Waals surface area contributed by atoms with Crippen molar-refractivity contribution in [3.63, 3.8) is 0 Å². The predicted octanol–water partition coefficient (Wildman–Crippen LogP) is 5.72. The van der Waals surface area contributed by atoms with Crippen molar-refractivity contribution in [2.45, 2.75) is 31.6 Å². The summed E-state index contributed by atoms with van der Waals surface area (Å²) in [6.45, 7) is 6.16. The van der Waals surface area contributed by atoms with Gasteiger partial charge in [0, 0.05) is 14.7 Å². The van der Waals surface area contributed by atoms with Crippen molar-refractivity contribution in [1.82, 2.24) is 20.2 Å². The highest BCUT2D eigenvalue weighted by Crippen LogP contribution is 2.36. The zero-order chi connectivity index (χ0) is 18.3. The van der Waals surface area contributed by atoms with Gasteiger partial charge >= 0.3 is 0 Å². The minimum absolute atomic E-state index is 0.514. The smallest absolute Gasteiger partial charge is 0.248 e. The Morgan fingerprint density at radius 2 is 1.92 bits per heavy atom. The summed E-state index contributed by atoms with van der Waals surface area (Å²) in [5, 5.41) is 10.5. The monoisotopic (exact) mass is 446 g/mol. The Bertz CT molecular complexity index is 1110. The summed E-state index contributed by atoms with van der Waals surface area (Å²) in [5.74, 6) is 2.44. The van der Waals surface area contributed by atoms with Crippen LogP contribution in [0.15, 0.2) is 38.2 Å². The van der Waals surface area contributed by atoms with Gasteiger partial charge < -0.3 is 4.42 Å². The number of thiophene rings is 1. The third kappa shape index (κ3) is 3.28. The Morgan fingerprint density at radius 3 is 2.73 bits per heavy atom.